The van der Waals surface area contributed by atoms with Gasteiger partial charge in [-0.3, -0.25) is 4.79 Å². The van der Waals surface area contributed by atoms with Crippen LogP contribution in [-0.2, 0) is 30.3 Å². The molecule has 0 saturated carbocycles. The summed E-state index contributed by atoms with van der Waals surface area (Å²) in [7, 11) is 4.22. The maximum absolute atomic E-state index is 11.7. The van der Waals surface area contributed by atoms with Crippen LogP contribution < -0.4 is 4.57 Å². The Bertz CT molecular complexity index is 1790. The number of aliphatic hydroxyl groups excluding tert-OH is 1. The summed E-state index contributed by atoms with van der Waals surface area (Å²) in [5.74, 6) is 0.547. The molecule has 0 spiro atoms. The maximum atomic E-state index is 11.7. The summed E-state index contributed by atoms with van der Waals surface area (Å²) in [4.78, 5) is 17.6. The van der Waals surface area contributed by atoms with Crippen LogP contribution in [0.2, 0.25) is 0 Å². The fourth-order valence-corrected chi connectivity index (χ4v) is 6.46. The molecule has 5 rings (SSSR count). The molecule has 0 saturated heterocycles. The van der Waals surface area contributed by atoms with Crippen LogP contribution in [0.1, 0.15) is 79.7 Å². The number of thiophene rings is 1. The van der Waals surface area contributed by atoms with Crippen LogP contribution in [0.4, 0.5) is 0 Å². The summed E-state index contributed by atoms with van der Waals surface area (Å²) in [6.45, 7) is 14.8. The molecule has 0 aliphatic heterocycles. The van der Waals surface area contributed by atoms with Crippen LogP contribution in [0, 0.1) is 24.9 Å². The number of fused-ring (bicyclic) bond motifs is 2. The Kier molecular flexibility index (Phi) is 13.3. The second-order valence-corrected chi connectivity index (χ2v) is 13.6. The molecular weight excluding hydrogens is 765 g/mol. The predicted octanol–water partition coefficient (Wildman–Crippen LogP) is 10.7. The molecule has 0 fully saturated rings. The van der Waals surface area contributed by atoms with Gasteiger partial charge in [0.05, 0.1) is 17.6 Å². The molecule has 3 heterocycles. The largest absolute Gasteiger partial charge is 0.512 e. The number of benzene rings is 2. The van der Waals surface area contributed by atoms with E-state index in [9.17, 15) is 9.90 Å². The van der Waals surface area contributed by atoms with Gasteiger partial charge in [-0.05, 0) is 72.4 Å². The van der Waals surface area contributed by atoms with E-state index in [1.807, 2.05) is 38.5 Å². The quantitative estimate of drug-likeness (QED) is 0.0698. The first kappa shape index (κ1) is 37.2. The van der Waals surface area contributed by atoms with Crippen LogP contribution in [0.5, 0.6) is 0 Å². The van der Waals surface area contributed by atoms with Gasteiger partial charge in [-0.15, -0.1) is 40.5 Å². The molecule has 0 atom stereocenters. The molecule has 6 heteroatoms. The molecule has 0 bridgehead atoms. The van der Waals surface area contributed by atoms with Crippen molar-refractivity contribution < 1.29 is 34.6 Å². The number of pyridine rings is 2. The second-order valence-electron chi connectivity index (χ2n) is 12.7. The zero-order chi connectivity index (χ0) is 32.7. The van der Waals surface area contributed by atoms with Gasteiger partial charge in [-0.25, -0.2) is 4.98 Å². The number of hydrogen-bond donors (Lipinski definition) is 1. The van der Waals surface area contributed by atoms with E-state index in [0.29, 0.717) is 0 Å². The zero-order valence-corrected chi connectivity index (χ0v) is 31.4. The average molecular weight is 812 g/mol. The molecule has 0 aliphatic carbocycles. The summed E-state index contributed by atoms with van der Waals surface area (Å²) in [5.41, 5.74) is 5.47. The van der Waals surface area contributed by atoms with E-state index in [1.165, 1.54) is 22.4 Å². The van der Waals surface area contributed by atoms with E-state index < -0.39 is 0 Å². The minimum absolute atomic E-state index is 0. The van der Waals surface area contributed by atoms with Crippen LogP contribution in [0.25, 0.3) is 43.5 Å². The van der Waals surface area contributed by atoms with Crippen LogP contribution >= 0.6 is 11.3 Å². The number of ketones is 1. The van der Waals surface area contributed by atoms with E-state index in [1.54, 1.807) is 11.3 Å². The maximum Gasteiger partial charge on any atom is 0.162 e. The summed E-state index contributed by atoms with van der Waals surface area (Å²) in [6, 6.07) is 25.0. The number of rotatable bonds is 9. The number of hydrogen-bond acceptors (Lipinski definition) is 4. The number of allylic oxidation sites excluding steroid dienone is 2. The van der Waals surface area contributed by atoms with Gasteiger partial charge < -0.3 is 9.67 Å². The first-order valence-electron chi connectivity index (χ1n) is 16.1. The van der Waals surface area contributed by atoms with Crippen molar-refractivity contribution in [1.82, 2.24) is 4.98 Å². The van der Waals surface area contributed by atoms with Crippen molar-refractivity contribution in [2.75, 3.05) is 0 Å². The fraction of sp³-hybridized carbons (Fsp3) is 0.350. The number of aliphatic hydroxyl groups is 1. The standard InChI is InChI=1S/C27H23N2S.C13H24O2.Ir/c1-27(2,3)23-16-21(15-19-7-5-6-8-22(19)23)25-17-20(11-13-29(25)4)24-10-9-18-12-14-30-26(18)28-24;1-5-10(6-2)12(14)9-13(15)11(7-3)8-4;/h5-14,16-17H,4H2,1-3H3;9-11,14H,5-8H2,1-4H3;/q-1;;/b;12-9-;. The molecular formula is C40H47IrN2O2S-. The van der Waals surface area contributed by atoms with E-state index >= 15 is 0 Å². The number of nitrogens with zero attached hydrogens (tertiary/aromatic N) is 2. The first-order valence-corrected chi connectivity index (χ1v) is 17.0. The molecule has 5 aromatic rings. The molecule has 0 aliphatic rings. The number of carbonyl (C=O) groups is 1. The molecule has 0 amide bonds. The van der Waals surface area contributed by atoms with Crippen molar-refractivity contribution in [3.05, 3.63) is 103 Å². The van der Waals surface area contributed by atoms with Crippen LogP contribution in [0.15, 0.2) is 84.1 Å². The Labute approximate surface area is 293 Å². The molecule has 245 valence electrons. The monoisotopic (exact) mass is 812 g/mol. The zero-order valence-electron chi connectivity index (χ0n) is 28.2. The summed E-state index contributed by atoms with van der Waals surface area (Å²) >= 11 is 1.67. The Balaban J connectivity index is 0.000000309. The van der Waals surface area contributed by atoms with E-state index in [-0.39, 0.29) is 48.9 Å². The topological polar surface area (TPSA) is 54.1 Å². The van der Waals surface area contributed by atoms with Crippen molar-refractivity contribution in [2.45, 2.75) is 79.6 Å². The van der Waals surface area contributed by atoms with Crippen LogP contribution in [0.3, 0.4) is 0 Å². The van der Waals surface area contributed by atoms with Crippen molar-refractivity contribution in [2.24, 2.45) is 11.8 Å². The van der Waals surface area contributed by atoms with Gasteiger partial charge in [-0.1, -0.05) is 77.6 Å². The van der Waals surface area contributed by atoms with Crippen molar-refractivity contribution in [3.63, 3.8) is 0 Å². The molecule has 1 N–H and O–H groups in total. The molecule has 4 nitrogen and oxygen atoms in total. The van der Waals surface area contributed by atoms with E-state index in [2.05, 4.69) is 99.9 Å². The predicted molar refractivity (Wildman–Crippen MR) is 190 cm³/mol. The van der Waals surface area contributed by atoms with Gasteiger partial charge in [0.25, 0.3) is 0 Å². The van der Waals surface area contributed by atoms with Gasteiger partial charge in [0.15, 0.2) is 5.78 Å². The Hall–Kier alpha value is -3.31. The van der Waals surface area contributed by atoms with Gasteiger partial charge in [0.2, 0.25) is 0 Å². The SMILES string of the molecule is CCC(CC)C(=O)/C=C(\O)C(CC)CC.[CH2-][n+]1ccc(-c2ccc3ccsc3n2)cc1-c1[c-]c2ccccc2c(C(C)(C)C)c1.[Ir]. The third-order valence-electron chi connectivity index (χ3n) is 8.59. The van der Waals surface area contributed by atoms with Crippen molar-refractivity contribution >= 4 is 38.1 Å². The fourth-order valence-electron chi connectivity index (χ4n) is 5.69. The molecule has 46 heavy (non-hydrogen) atoms. The molecule has 0 unspecified atom stereocenters. The van der Waals surface area contributed by atoms with Gasteiger partial charge in [0, 0.05) is 50.5 Å². The minimum Gasteiger partial charge on any atom is -0.512 e. The number of aromatic nitrogens is 2. The first-order chi connectivity index (χ1) is 21.5. The smallest absolute Gasteiger partial charge is 0.162 e. The normalized spacial score (nSPS) is 11.9. The van der Waals surface area contributed by atoms with Gasteiger partial charge >= 0.3 is 0 Å². The number of carbonyl (C=O) groups excluding carboxylic acids is 1. The summed E-state index contributed by atoms with van der Waals surface area (Å²) in [5, 5.41) is 15.4. The minimum atomic E-state index is 0. The van der Waals surface area contributed by atoms with Gasteiger partial charge in [0.1, 0.15) is 10.5 Å². The summed E-state index contributed by atoms with van der Waals surface area (Å²) in [6.07, 6.45) is 6.91. The van der Waals surface area contributed by atoms with Crippen LogP contribution in [-0.4, -0.2) is 15.9 Å². The molecule has 3 aromatic heterocycles. The van der Waals surface area contributed by atoms with E-state index in [4.69, 9.17) is 4.98 Å². The van der Waals surface area contributed by atoms with Gasteiger partial charge in [-0.2, -0.15) is 0 Å². The van der Waals surface area contributed by atoms with E-state index in [0.717, 1.165) is 58.4 Å². The Morgan fingerprint density at radius 2 is 1.65 bits per heavy atom. The average Bonchev–Trinajstić information content (AvgIpc) is 3.50. The Morgan fingerprint density at radius 3 is 2.30 bits per heavy atom. The van der Waals surface area contributed by atoms with Crippen molar-refractivity contribution in [1.29, 1.82) is 0 Å². The van der Waals surface area contributed by atoms with Crippen molar-refractivity contribution in [3.8, 4) is 22.5 Å². The Morgan fingerprint density at radius 1 is 0.978 bits per heavy atom. The third-order valence-corrected chi connectivity index (χ3v) is 9.41. The molecule has 1 radical (unpaired) electrons. The summed E-state index contributed by atoms with van der Waals surface area (Å²) < 4.78 is 1.92. The second kappa shape index (κ2) is 16.5. The third kappa shape index (κ3) is 8.73. The molecule has 2 aromatic carbocycles.